The van der Waals surface area contributed by atoms with Crippen molar-refractivity contribution in [2.75, 3.05) is 7.11 Å². The fraction of sp³-hybridized carbons (Fsp3) is 0.364. The van der Waals surface area contributed by atoms with E-state index in [-0.39, 0.29) is 0 Å². The summed E-state index contributed by atoms with van der Waals surface area (Å²) < 4.78 is 9.76. The molecule has 1 rings (SSSR count). The quantitative estimate of drug-likeness (QED) is 0.744. The van der Waals surface area contributed by atoms with Crippen LogP contribution in [0.15, 0.2) is 24.3 Å². The van der Waals surface area contributed by atoms with Crippen molar-refractivity contribution in [1.29, 1.82) is 0 Å². The van der Waals surface area contributed by atoms with E-state index in [0.717, 1.165) is 0 Å². The lowest BCUT2D eigenvalue weighted by atomic mass is 10.0. The van der Waals surface area contributed by atoms with E-state index >= 15 is 0 Å². The Bertz CT molecular complexity index is 324. The van der Waals surface area contributed by atoms with Gasteiger partial charge in [0.1, 0.15) is 18.0 Å². The van der Waals surface area contributed by atoms with Crippen molar-refractivity contribution in [2.24, 2.45) is 0 Å². The number of aliphatic hydroxyl groups excluding tert-OH is 1. The Labute approximate surface area is 88.4 Å². The molecule has 0 radical (unpaired) electrons. The molecule has 1 N–H and O–H groups in total. The van der Waals surface area contributed by atoms with Gasteiger partial charge in [0.2, 0.25) is 0 Å². The lowest BCUT2D eigenvalue weighted by molar-refractivity contribution is -0.138. The summed E-state index contributed by atoms with van der Waals surface area (Å²) in [6.07, 6.45) is -1.48. The number of aliphatic hydroxyl groups is 1. The first-order valence-corrected chi connectivity index (χ1v) is 4.60. The van der Waals surface area contributed by atoms with Crippen molar-refractivity contribution in [1.82, 2.24) is 0 Å². The summed E-state index contributed by atoms with van der Waals surface area (Å²) >= 11 is 0. The molecule has 0 aromatic heterocycles. The third-order valence-corrected chi connectivity index (χ3v) is 2.17. The van der Waals surface area contributed by atoms with Crippen molar-refractivity contribution in [3.05, 3.63) is 29.8 Å². The molecule has 0 amide bonds. The predicted octanol–water partition coefficient (Wildman–Crippen LogP) is 1.29. The lowest BCUT2D eigenvalue weighted by Crippen LogP contribution is -2.18. The molecule has 2 atom stereocenters. The fourth-order valence-corrected chi connectivity index (χ4v) is 1.33. The largest absolute Gasteiger partial charge is 0.496 e. The molecule has 0 saturated heterocycles. The van der Waals surface area contributed by atoms with Crippen LogP contribution < -0.4 is 4.74 Å². The first-order valence-electron chi connectivity index (χ1n) is 4.60. The monoisotopic (exact) mass is 210 g/mol. The van der Waals surface area contributed by atoms with Crippen molar-refractivity contribution < 1.29 is 19.4 Å². The summed E-state index contributed by atoms with van der Waals surface area (Å²) in [5, 5.41) is 9.87. The van der Waals surface area contributed by atoms with Crippen molar-refractivity contribution in [3.63, 3.8) is 0 Å². The maximum atomic E-state index is 10.1. The molecular weight excluding hydrogens is 196 g/mol. The van der Waals surface area contributed by atoms with E-state index in [9.17, 15) is 9.90 Å². The molecule has 0 bridgehead atoms. The second kappa shape index (κ2) is 5.36. The minimum atomic E-state index is -0.883. The van der Waals surface area contributed by atoms with Gasteiger partial charge in [-0.25, -0.2) is 0 Å². The summed E-state index contributed by atoms with van der Waals surface area (Å²) in [5.74, 6) is 0.575. The fourth-order valence-electron chi connectivity index (χ4n) is 1.33. The summed E-state index contributed by atoms with van der Waals surface area (Å²) in [5.41, 5.74) is 0.606. The Morgan fingerprint density at radius 2 is 2.07 bits per heavy atom. The first kappa shape index (κ1) is 11.5. The second-order valence-corrected chi connectivity index (χ2v) is 3.12. The van der Waals surface area contributed by atoms with E-state index in [2.05, 4.69) is 4.74 Å². The zero-order chi connectivity index (χ0) is 11.3. The third kappa shape index (κ3) is 2.70. The maximum absolute atomic E-state index is 10.1. The van der Waals surface area contributed by atoms with Crippen LogP contribution >= 0.6 is 0 Å². The number of para-hydroxylation sites is 1. The minimum absolute atomic E-state index is 0.323. The Hall–Kier alpha value is -1.55. The van der Waals surface area contributed by atoms with Gasteiger partial charge in [-0.2, -0.15) is 0 Å². The standard InChI is InChI=1S/C11H14O4/c1-8(15-7-12)11(13)9-5-3-4-6-10(9)14-2/h3-8,11,13H,1-2H3. The Balaban J connectivity index is 2.89. The zero-order valence-corrected chi connectivity index (χ0v) is 8.71. The van der Waals surface area contributed by atoms with E-state index < -0.39 is 12.2 Å². The molecular formula is C11H14O4. The highest BCUT2D eigenvalue weighted by Gasteiger charge is 2.20. The van der Waals surface area contributed by atoms with Gasteiger partial charge in [0.15, 0.2) is 0 Å². The molecule has 0 aliphatic heterocycles. The van der Waals surface area contributed by atoms with E-state index in [4.69, 9.17) is 4.74 Å². The molecule has 0 saturated carbocycles. The number of hydrogen-bond acceptors (Lipinski definition) is 4. The summed E-state index contributed by atoms with van der Waals surface area (Å²) in [7, 11) is 1.52. The van der Waals surface area contributed by atoms with Gasteiger partial charge in [-0.15, -0.1) is 0 Å². The number of hydrogen-bond donors (Lipinski definition) is 1. The molecule has 0 fully saturated rings. The van der Waals surface area contributed by atoms with Gasteiger partial charge in [0.25, 0.3) is 6.47 Å². The van der Waals surface area contributed by atoms with Crippen LogP contribution in [0.5, 0.6) is 5.75 Å². The lowest BCUT2D eigenvalue weighted by Gasteiger charge is -2.19. The minimum Gasteiger partial charge on any atom is -0.496 e. The molecule has 1 aromatic carbocycles. The highest BCUT2D eigenvalue weighted by Crippen LogP contribution is 2.27. The number of benzene rings is 1. The Kier molecular flexibility index (Phi) is 4.12. The smallest absolute Gasteiger partial charge is 0.293 e. The van der Waals surface area contributed by atoms with Gasteiger partial charge in [0, 0.05) is 5.56 Å². The second-order valence-electron chi connectivity index (χ2n) is 3.12. The SMILES string of the molecule is COc1ccccc1C(O)C(C)OC=O. The summed E-state index contributed by atoms with van der Waals surface area (Å²) in [4.78, 5) is 10.1. The number of ether oxygens (including phenoxy) is 2. The van der Waals surface area contributed by atoms with Gasteiger partial charge in [-0.1, -0.05) is 18.2 Å². The van der Waals surface area contributed by atoms with E-state index in [1.807, 2.05) is 0 Å². The van der Waals surface area contributed by atoms with Gasteiger partial charge in [-0.3, -0.25) is 4.79 Å². The number of rotatable bonds is 5. The molecule has 4 heteroatoms. The molecule has 4 nitrogen and oxygen atoms in total. The molecule has 15 heavy (non-hydrogen) atoms. The molecule has 82 valence electrons. The highest BCUT2D eigenvalue weighted by atomic mass is 16.5. The van der Waals surface area contributed by atoms with Gasteiger partial charge in [-0.05, 0) is 13.0 Å². The van der Waals surface area contributed by atoms with Crippen LogP contribution in [-0.4, -0.2) is 24.8 Å². The van der Waals surface area contributed by atoms with Crippen LogP contribution in [0.4, 0.5) is 0 Å². The predicted molar refractivity (Wildman–Crippen MR) is 54.6 cm³/mol. The highest BCUT2D eigenvalue weighted by molar-refractivity contribution is 5.39. The van der Waals surface area contributed by atoms with Crippen molar-refractivity contribution in [3.8, 4) is 5.75 Å². The van der Waals surface area contributed by atoms with Crippen molar-refractivity contribution in [2.45, 2.75) is 19.1 Å². The zero-order valence-electron chi connectivity index (χ0n) is 8.71. The van der Waals surface area contributed by atoms with Crippen LogP contribution in [0.1, 0.15) is 18.6 Å². The van der Waals surface area contributed by atoms with Gasteiger partial charge >= 0.3 is 0 Å². The Morgan fingerprint density at radius 1 is 1.40 bits per heavy atom. The van der Waals surface area contributed by atoms with E-state index in [0.29, 0.717) is 17.8 Å². The number of carbonyl (C=O) groups excluding carboxylic acids is 1. The molecule has 0 aliphatic carbocycles. The number of methoxy groups -OCH3 is 1. The average Bonchev–Trinajstić information content (AvgIpc) is 2.28. The van der Waals surface area contributed by atoms with Crippen LogP contribution in [0.2, 0.25) is 0 Å². The van der Waals surface area contributed by atoms with Crippen LogP contribution in [0.25, 0.3) is 0 Å². The van der Waals surface area contributed by atoms with Crippen LogP contribution in [-0.2, 0) is 9.53 Å². The first-order chi connectivity index (χ1) is 7.20. The molecule has 1 aromatic rings. The van der Waals surface area contributed by atoms with E-state index in [1.54, 1.807) is 31.2 Å². The van der Waals surface area contributed by atoms with Crippen molar-refractivity contribution >= 4 is 6.47 Å². The molecule has 2 unspecified atom stereocenters. The Morgan fingerprint density at radius 3 is 2.67 bits per heavy atom. The number of carbonyl (C=O) groups is 1. The third-order valence-electron chi connectivity index (χ3n) is 2.17. The summed E-state index contributed by atoms with van der Waals surface area (Å²) in [6.45, 7) is 1.94. The van der Waals surface area contributed by atoms with Crippen LogP contribution in [0.3, 0.4) is 0 Å². The maximum Gasteiger partial charge on any atom is 0.293 e. The van der Waals surface area contributed by atoms with Gasteiger partial charge in [0.05, 0.1) is 7.11 Å². The average molecular weight is 210 g/mol. The molecule has 0 heterocycles. The molecule has 0 spiro atoms. The van der Waals surface area contributed by atoms with Crippen LogP contribution in [0, 0.1) is 0 Å². The molecule has 0 aliphatic rings. The summed E-state index contributed by atoms with van der Waals surface area (Å²) in [6, 6.07) is 7.06. The normalized spacial score (nSPS) is 14.1. The van der Waals surface area contributed by atoms with Gasteiger partial charge < -0.3 is 14.6 Å². The van der Waals surface area contributed by atoms with E-state index in [1.165, 1.54) is 7.11 Å². The topological polar surface area (TPSA) is 55.8 Å².